The normalized spacial score (nSPS) is 30.1. The SMILES string of the molecule is CC(=O)C1CCC(CF)(C(=O)C(C)(C)C)CC1. The molecule has 17 heavy (non-hydrogen) atoms. The molecule has 0 aliphatic heterocycles. The molecule has 0 N–H and O–H groups in total. The number of rotatable bonds is 3. The van der Waals surface area contributed by atoms with Crippen LogP contribution < -0.4 is 0 Å². The lowest BCUT2D eigenvalue weighted by atomic mass is 9.63. The van der Waals surface area contributed by atoms with Crippen molar-refractivity contribution in [2.45, 2.75) is 53.4 Å². The molecule has 0 heterocycles. The van der Waals surface area contributed by atoms with Crippen molar-refractivity contribution >= 4 is 11.6 Å². The first-order chi connectivity index (χ1) is 7.73. The van der Waals surface area contributed by atoms with E-state index in [1.807, 2.05) is 20.8 Å². The van der Waals surface area contributed by atoms with E-state index in [0.717, 1.165) is 0 Å². The monoisotopic (exact) mass is 242 g/mol. The van der Waals surface area contributed by atoms with Gasteiger partial charge in [-0.2, -0.15) is 0 Å². The van der Waals surface area contributed by atoms with Crippen LogP contribution in [0.1, 0.15) is 53.4 Å². The molecule has 0 aromatic rings. The Morgan fingerprint density at radius 2 is 1.71 bits per heavy atom. The van der Waals surface area contributed by atoms with Crippen LogP contribution in [0.2, 0.25) is 0 Å². The molecule has 2 nitrogen and oxygen atoms in total. The van der Waals surface area contributed by atoms with Gasteiger partial charge in [0.25, 0.3) is 0 Å². The Morgan fingerprint density at radius 3 is 2.00 bits per heavy atom. The lowest BCUT2D eigenvalue weighted by Crippen LogP contribution is -2.44. The van der Waals surface area contributed by atoms with Gasteiger partial charge in [-0.25, -0.2) is 0 Å². The molecule has 0 bridgehead atoms. The van der Waals surface area contributed by atoms with Crippen LogP contribution in [0.3, 0.4) is 0 Å². The third-order valence-electron chi connectivity index (χ3n) is 3.94. The van der Waals surface area contributed by atoms with Gasteiger partial charge in [0, 0.05) is 11.3 Å². The number of alkyl halides is 1. The largest absolute Gasteiger partial charge is 0.300 e. The zero-order valence-corrected chi connectivity index (χ0v) is 11.3. The summed E-state index contributed by atoms with van der Waals surface area (Å²) in [7, 11) is 0. The highest BCUT2D eigenvalue weighted by atomic mass is 19.1. The second-order valence-corrected chi connectivity index (χ2v) is 6.38. The highest BCUT2D eigenvalue weighted by Gasteiger charge is 2.46. The predicted molar refractivity (Wildman–Crippen MR) is 65.5 cm³/mol. The molecule has 1 fully saturated rings. The van der Waals surface area contributed by atoms with E-state index in [4.69, 9.17) is 0 Å². The van der Waals surface area contributed by atoms with Crippen molar-refractivity contribution in [2.24, 2.45) is 16.7 Å². The molecular formula is C14H23FO2. The third-order valence-corrected chi connectivity index (χ3v) is 3.94. The molecular weight excluding hydrogens is 219 g/mol. The maximum Gasteiger partial charge on any atom is 0.146 e. The Balaban J connectivity index is 2.81. The fraction of sp³-hybridized carbons (Fsp3) is 0.857. The van der Waals surface area contributed by atoms with Crippen molar-refractivity contribution in [1.29, 1.82) is 0 Å². The summed E-state index contributed by atoms with van der Waals surface area (Å²) >= 11 is 0. The van der Waals surface area contributed by atoms with Gasteiger partial charge in [-0.3, -0.25) is 14.0 Å². The topological polar surface area (TPSA) is 34.1 Å². The minimum Gasteiger partial charge on any atom is -0.300 e. The van der Waals surface area contributed by atoms with Crippen LogP contribution in [0.4, 0.5) is 4.39 Å². The summed E-state index contributed by atoms with van der Waals surface area (Å²) in [5.74, 6) is 0.206. The van der Waals surface area contributed by atoms with Gasteiger partial charge in [-0.1, -0.05) is 20.8 Å². The molecule has 1 aliphatic rings. The molecule has 0 spiro atoms. The van der Waals surface area contributed by atoms with Gasteiger partial charge in [0.05, 0.1) is 5.41 Å². The summed E-state index contributed by atoms with van der Waals surface area (Å²) in [6, 6.07) is 0. The van der Waals surface area contributed by atoms with Crippen molar-refractivity contribution in [3.8, 4) is 0 Å². The number of halogens is 1. The lowest BCUT2D eigenvalue weighted by molar-refractivity contribution is -0.142. The first kappa shape index (κ1) is 14.3. The van der Waals surface area contributed by atoms with E-state index < -0.39 is 17.5 Å². The van der Waals surface area contributed by atoms with Gasteiger partial charge < -0.3 is 0 Å². The molecule has 0 aromatic carbocycles. The Kier molecular flexibility index (Phi) is 4.11. The van der Waals surface area contributed by atoms with Crippen LogP contribution in [-0.2, 0) is 9.59 Å². The summed E-state index contributed by atoms with van der Waals surface area (Å²) in [4.78, 5) is 23.6. The molecule has 1 aliphatic carbocycles. The van der Waals surface area contributed by atoms with Crippen molar-refractivity contribution in [1.82, 2.24) is 0 Å². The molecule has 0 radical (unpaired) electrons. The van der Waals surface area contributed by atoms with Crippen molar-refractivity contribution < 1.29 is 14.0 Å². The van der Waals surface area contributed by atoms with E-state index in [9.17, 15) is 14.0 Å². The van der Waals surface area contributed by atoms with E-state index in [-0.39, 0.29) is 17.5 Å². The van der Waals surface area contributed by atoms with Crippen LogP contribution in [0.5, 0.6) is 0 Å². The quantitative estimate of drug-likeness (QED) is 0.760. The molecule has 3 heteroatoms. The van der Waals surface area contributed by atoms with Crippen molar-refractivity contribution in [3.63, 3.8) is 0 Å². The Bertz CT molecular complexity index is 307. The average molecular weight is 242 g/mol. The molecule has 1 saturated carbocycles. The van der Waals surface area contributed by atoms with E-state index in [2.05, 4.69) is 0 Å². The maximum atomic E-state index is 13.3. The van der Waals surface area contributed by atoms with E-state index in [1.165, 1.54) is 0 Å². The minimum atomic E-state index is -0.829. The highest BCUT2D eigenvalue weighted by molar-refractivity contribution is 5.90. The second kappa shape index (κ2) is 4.87. The van der Waals surface area contributed by atoms with Crippen LogP contribution >= 0.6 is 0 Å². The fourth-order valence-corrected chi connectivity index (χ4v) is 2.79. The molecule has 0 aromatic heterocycles. The average Bonchev–Trinajstić information content (AvgIpc) is 2.26. The highest BCUT2D eigenvalue weighted by Crippen LogP contribution is 2.44. The second-order valence-electron chi connectivity index (χ2n) is 6.38. The summed E-state index contributed by atoms with van der Waals surface area (Å²) in [6.07, 6.45) is 2.34. The van der Waals surface area contributed by atoms with Gasteiger partial charge in [0.15, 0.2) is 0 Å². The molecule has 0 saturated heterocycles. The van der Waals surface area contributed by atoms with E-state index in [0.29, 0.717) is 25.7 Å². The van der Waals surface area contributed by atoms with Crippen LogP contribution in [0.25, 0.3) is 0 Å². The first-order valence-electron chi connectivity index (χ1n) is 6.34. The zero-order chi connectivity index (χ0) is 13.3. The first-order valence-corrected chi connectivity index (χ1v) is 6.34. The van der Waals surface area contributed by atoms with Crippen molar-refractivity contribution in [2.75, 3.05) is 6.67 Å². The van der Waals surface area contributed by atoms with E-state index in [1.54, 1.807) is 6.92 Å². The Morgan fingerprint density at radius 1 is 1.24 bits per heavy atom. The lowest BCUT2D eigenvalue weighted by Gasteiger charge is -2.40. The number of hydrogen-bond donors (Lipinski definition) is 0. The van der Waals surface area contributed by atoms with Gasteiger partial charge in [-0.05, 0) is 32.6 Å². The Labute approximate surface area is 103 Å². The van der Waals surface area contributed by atoms with Gasteiger partial charge >= 0.3 is 0 Å². The number of hydrogen-bond acceptors (Lipinski definition) is 2. The number of Topliss-reactive ketones (excluding diaryl/α,β-unsaturated/α-hetero) is 2. The molecule has 98 valence electrons. The zero-order valence-electron chi connectivity index (χ0n) is 11.3. The molecule has 0 amide bonds. The van der Waals surface area contributed by atoms with Gasteiger partial charge in [-0.15, -0.1) is 0 Å². The molecule has 1 rings (SSSR count). The summed E-state index contributed by atoms with van der Waals surface area (Å²) in [5, 5.41) is 0. The Hall–Kier alpha value is -0.730. The maximum absolute atomic E-state index is 13.3. The summed E-state index contributed by atoms with van der Waals surface area (Å²) in [5.41, 5.74) is -1.33. The minimum absolute atomic E-state index is 0.00880. The van der Waals surface area contributed by atoms with Crippen LogP contribution in [-0.4, -0.2) is 18.2 Å². The number of carbonyl (C=O) groups excluding carboxylic acids is 2. The predicted octanol–water partition coefficient (Wildman–Crippen LogP) is 3.34. The van der Waals surface area contributed by atoms with E-state index >= 15 is 0 Å². The third kappa shape index (κ3) is 2.93. The van der Waals surface area contributed by atoms with Crippen LogP contribution in [0, 0.1) is 16.7 Å². The summed E-state index contributed by atoms with van der Waals surface area (Å²) < 4.78 is 13.3. The molecule has 0 atom stereocenters. The number of carbonyl (C=O) groups is 2. The molecule has 0 unspecified atom stereocenters. The fourth-order valence-electron chi connectivity index (χ4n) is 2.79. The van der Waals surface area contributed by atoms with Crippen molar-refractivity contribution in [3.05, 3.63) is 0 Å². The smallest absolute Gasteiger partial charge is 0.146 e. The van der Waals surface area contributed by atoms with Gasteiger partial charge in [0.2, 0.25) is 0 Å². The van der Waals surface area contributed by atoms with Gasteiger partial charge in [0.1, 0.15) is 18.2 Å². The summed E-state index contributed by atoms with van der Waals surface area (Å²) in [6.45, 7) is 6.50. The standard InChI is InChI=1S/C14H23FO2/c1-10(16)11-5-7-14(9-15,8-6-11)12(17)13(2,3)4/h11H,5-9H2,1-4H3. The number of ketones is 2. The van der Waals surface area contributed by atoms with Crippen LogP contribution in [0.15, 0.2) is 0 Å².